The normalized spacial score (nSPS) is 26.7. The van der Waals surface area contributed by atoms with E-state index in [0.29, 0.717) is 10.4 Å². The molecule has 0 aromatic rings. The molecule has 3 nitrogen and oxygen atoms in total. The minimum Gasteiger partial charge on any atom is -0.393 e. The highest BCUT2D eigenvalue weighted by molar-refractivity contribution is 7.80. The Hall–Kier alpha value is -0.190. The van der Waals surface area contributed by atoms with Gasteiger partial charge in [0.15, 0.2) is 0 Å². The van der Waals surface area contributed by atoms with E-state index in [1.165, 1.54) is 52.0 Å². The van der Waals surface area contributed by atoms with Crippen LogP contribution in [0.15, 0.2) is 0 Å². The lowest BCUT2D eigenvalue weighted by atomic mass is 10.0. The second-order valence-electron chi connectivity index (χ2n) is 6.04. The van der Waals surface area contributed by atoms with Gasteiger partial charge in [-0.2, -0.15) is 0 Å². The first kappa shape index (κ1) is 14.2. The van der Waals surface area contributed by atoms with Crippen molar-refractivity contribution in [1.82, 2.24) is 9.80 Å². The minimum absolute atomic E-state index is 0.448. The Morgan fingerprint density at radius 1 is 1.39 bits per heavy atom. The van der Waals surface area contributed by atoms with Crippen LogP contribution in [-0.2, 0) is 0 Å². The number of likely N-dealkylation sites (tertiary alicyclic amines) is 1. The zero-order chi connectivity index (χ0) is 13.2. The van der Waals surface area contributed by atoms with Crippen molar-refractivity contribution < 1.29 is 0 Å². The van der Waals surface area contributed by atoms with Gasteiger partial charge < -0.3 is 10.6 Å². The predicted molar refractivity (Wildman–Crippen MR) is 80.8 cm³/mol. The molecule has 1 heterocycles. The van der Waals surface area contributed by atoms with E-state index in [9.17, 15) is 0 Å². The molecule has 1 aliphatic heterocycles. The fraction of sp³-hybridized carbons (Fsp3) is 0.929. The van der Waals surface area contributed by atoms with E-state index < -0.39 is 0 Å². The van der Waals surface area contributed by atoms with Gasteiger partial charge in [-0.25, -0.2) is 0 Å². The van der Waals surface area contributed by atoms with Crippen LogP contribution in [-0.4, -0.2) is 53.6 Å². The summed E-state index contributed by atoms with van der Waals surface area (Å²) in [4.78, 5) is 5.92. The monoisotopic (exact) mass is 269 g/mol. The van der Waals surface area contributed by atoms with Crippen molar-refractivity contribution in [3.05, 3.63) is 0 Å². The second kappa shape index (κ2) is 5.85. The Bertz CT molecular complexity index is 297. The summed E-state index contributed by atoms with van der Waals surface area (Å²) in [5.41, 5.74) is 6.16. The minimum atomic E-state index is 0.448. The first-order chi connectivity index (χ1) is 8.58. The average Bonchev–Trinajstić information content (AvgIpc) is 2.88. The van der Waals surface area contributed by atoms with Gasteiger partial charge in [-0.15, -0.1) is 0 Å². The van der Waals surface area contributed by atoms with Crippen LogP contribution in [0.4, 0.5) is 0 Å². The summed E-state index contributed by atoms with van der Waals surface area (Å²) in [6.07, 6.45) is 4.91. The van der Waals surface area contributed by atoms with Gasteiger partial charge in [0.25, 0.3) is 0 Å². The summed E-state index contributed by atoms with van der Waals surface area (Å²) >= 11 is 5.08. The highest BCUT2D eigenvalue weighted by Crippen LogP contribution is 2.49. The number of hydrogen-bond acceptors (Lipinski definition) is 3. The average molecular weight is 269 g/mol. The van der Waals surface area contributed by atoms with E-state index in [2.05, 4.69) is 23.6 Å². The van der Waals surface area contributed by atoms with Crippen LogP contribution in [0, 0.1) is 5.41 Å². The van der Waals surface area contributed by atoms with Crippen LogP contribution in [0.25, 0.3) is 0 Å². The number of hydrogen-bond donors (Lipinski definition) is 1. The van der Waals surface area contributed by atoms with Gasteiger partial charge >= 0.3 is 0 Å². The molecular formula is C14H27N3S. The summed E-state index contributed by atoms with van der Waals surface area (Å²) in [5.74, 6) is 0. The molecule has 0 bridgehead atoms. The number of nitrogens with two attached hydrogens (primary N) is 1. The van der Waals surface area contributed by atoms with E-state index in [1.54, 1.807) is 0 Å². The van der Waals surface area contributed by atoms with Crippen molar-refractivity contribution in [2.75, 3.05) is 32.7 Å². The molecule has 104 valence electrons. The van der Waals surface area contributed by atoms with Crippen LogP contribution in [0.2, 0.25) is 0 Å². The van der Waals surface area contributed by atoms with E-state index in [0.717, 1.165) is 12.5 Å². The van der Waals surface area contributed by atoms with Crippen LogP contribution in [0.3, 0.4) is 0 Å². The first-order valence-corrected chi connectivity index (χ1v) is 7.74. The molecule has 1 aliphatic carbocycles. The molecule has 0 aromatic heterocycles. The molecule has 0 spiro atoms. The van der Waals surface area contributed by atoms with Crippen molar-refractivity contribution in [3.8, 4) is 0 Å². The Kier molecular flexibility index (Phi) is 4.62. The summed E-state index contributed by atoms with van der Waals surface area (Å²) in [6.45, 7) is 10.6. The predicted octanol–water partition coefficient (Wildman–Crippen LogP) is 1.86. The molecule has 2 fully saturated rings. The van der Waals surface area contributed by atoms with Gasteiger partial charge in [0.2, 0.25) is 0 Å². The standard InChI is InChI=1S/C14H27N3S/c1-3-17(4-2)12-5-8-16(10-12)11-14(6-7-14)9-13(15)18/h12H,3-11H2,1-2H3,(H2,15,18). The molecule has 18 heavy (non-hydrogen) atoms. The third kappa shape index (κ3) is 3.43. The third-order valence-electron chi connectivity index (χ3n) is 4.64. The zero-order valence-electron chi connectivity index (χ0n) is 11.8. The van der Waals surface area contributed by atoms with Crippen molar-refractivity contribution in [2.45, 2.75) is 45.6 Å². The largest absolute Gasteiger partial charge is 0.393 e. The SMILES string of the molecule is CCN(CC)C1CCN(CC2(CC(N)=S)CC2)C1. The molecule has 2 N–H and O–H groups in total. The smallest absolute Gasteiger partial charge is 0.0733 e. The Morgan fingerprint density at radius 3 is 2.56 bits per heavy atom. The zero-order valence-corrected chi connectivity index (χ0v) is 12.6. The topological polar surface area (TPSA) is 32.5 Å². The molecular weight excluding hydrogens is 242 g/mol. The van der Waals surface area contributed by atoms with Crippen molar-refractivity contribution in [3.63, 3.8) is 0 Å². The van der Waals surface area contributed by atoms with Crippen LogP contribution in [0.5, 0.6) is 0 Å². The molecule has 4 heteroatoms. The summed E-state index contributed by atoms with van der Waals surface area (Å²) < 4.78 is 0. The fourth-order valence-electron chi connectivity index (χ4n) is 3.41. The van der Waals surface area contributed by atoms with E-state index in [-0.39, 0.29) is 0 Å². The van der Waals surface area contributed by atoms with Gasteiger partial charge in [0.1, 0.15) is 0 Å². The molecule has 0 aromatic carbocycles. The molecule has 0 radical (unpaired) electrons. The van der Waals surface area contributed by atoms with Gasteiger partial charge in [-0.05, 0) is 44.3 Å². The first-order valence-electron chi connectivity index (χ1n) is 7.33. The molecule has 2 aliphatic rings. The molecule has 1 unspecified atom stereocenters. The van der Waals surface area contributed by atoms with Gasteiger partial charge in [0.05, 0.1) is 4.99 Å². The molecule has 2 rings (SSSR count). The fourth-order valence-corrected chi connectivity index (χ4v) is 3.71. The maximum Gasteiger partial charge on any atom is 0.0733 e. The van der Waals surface area contributed by atoms with E-state index in [1.807, 2.05) is 0 Å². The molecule has 0 amide bonds. The maximum atomic E-state index is 5.72. The second-order valence-corrected chi connectivity index (χ2v) is 6.57. The lowest BCUT2D eigenvalue weighted by Gasteiger charge is -2.27. The number of nitrogens with zero attached hydrogens (tertiary/aromatic N) is 2. The Balaban J connectivity index is 1.81. The lowest BCUT2D eigenvalue weighted by Crippen LogP contribution is -2.38. The highest BCUT2D eigenvalue weighted by Gasteiger charge is 2.45. The number of thiocarbonyl (C=S) groups is 1. The lowest BCUT2D eigenvalue weighted by molar-refractivity contribution is 0.199. The number of likely N-dealkylation sites (N-methyl/N-ethyl adjacent to an activating group) is 1. The van der Waals surface area contributed by atoms with Crippen LogP contribution < -0.4 is 5.73 Å². The summed E-state index contributed by atoms with van der Waals surface area (Å²) in [5, 5.41) is 0. The maximum absolute atomic E-state index is 5.72. The molecule has 1 saturated carbocycles. The van der Waals surface area contributed by atoms with Gasteiger partial charge in [0, 0.05) is 25.6 Å². The quantitative estimate of drug-likeness (QED) is 0.715. The highest BCUT2D eigenvalue weighted by atomic mass is 32.1. The van der Waals surface area contributed by atoms with E-state index in [4.69, 9.17) is 18.0 Å². The number of rotatable bonds is 7. The summed E-state index contributed by atoms with van der Waals surface area (Å²) in [7, 11) is 0. The van der Waals surface area contributed by atoms with Crippen LogP contribution >= 0.6 is 12.2 Å². The van der Waals surface area contributed by atoms with Crippen molar-refractivity contribution >= 4 is 17.2 Å². The summed E-state index contributed by atoms with van der Waals surface area (Å²) in [6, 6.07) is 0.764. The van der Waals surface area contributed by atoms with Gasteiger partial charge in [-0.1, -0.05) is 26.1 Å². The third-order valence-corrected chi connectivity index (χ3v) is 4.79. The van der Waals surface area contributed by atoms with E-state index >= 15 is 0 Å². The molecule has 1 saturated heterocycles. The molecule has 1 atom stereocenters. The Morgan fingerprint density at radius 2 is 2.06 bits per heavy atom. The Labute approximate surface area is 117 Å². The van der Waals surface area contributed by atoms with Gasteiger partial charge in [-0.3, -0.25) is 4.90 Å². The van der Waals surface area contributed by atoms with Crippen molar-refractivity contribution in [2.24, 2.45) is 11.1 Å². The van der Waals surface area contributed by atoms with Crippen LogP contribution in [0.1, 0.15) is 39.5 Å². The van der Waals surface area contributed by atoms with Crippen molar-refractivity contribution in [1.29, 1.82) is 0 Å².